The van der Waals surface area contributed by atoms with E-state index in [9.17, 15) is 19.7 Å². The zero-order valence-electron chi connectivity index (χ0n) is 15.3. The highest BCUT2D eigenvalue weighted by atomic mass is 16.6. The Balaban J connectivity index is 2.19. The molecule has 1 fully saturated rings. The number of aromatic nitrogens is 1. The van der Waals surface area contributed by atoms with Gasteiger partial charge in [-0.15, -0.1) is 0 Å². The van der Waals surface area contributed by atoms with Crippen molar-refractivity contribution in [3.8, 4) is 0 Å². The Bertz CT molecular complexity index is 684. The maximum atomic E-state index is 11.9. The highest BCUT2D eigenvalue weighted by Crippen LogP contribution is 2.24. The van der Waals surface area contributed by atoms with Crippen LogP contribution < -0.4 is 4.90 Å². The maximum absolute atomic E-state index is 11.9. The van der Waals surface area contributed by atoms with Gasteiger partial charge in [-0.3, -0.25) is 19.8 Å². The van der Waals surface area contributed by atoms with E-state index >= 15 is 0 Å². The molecule has 26 heavy (non-hydrogen) atoms. The van der Waals surface area contributed by atoms with Crippen LogP contribution in [0.5, 0.6) is 0 Å². The number of anilines is 1. The first kappa shape index (κ1) is 19.8. The summed E-state index contributed by atoms with van der Waals surface area (Å²) in [6.07, 6.45) is 0.772. The summed E-state index contributed by atoms with van der Waals surface area (Å²) < 4.78 is 4.67. The molecule has 0 amide bonds. The SMILES string of the molecule is CCOC(=O)C(=O)Cc1cc(N2CCN(C(C)C)CC2)ncc1[N+](=O)[O-]. The minimum atomic E-state index is -0.981. The molecule has 0 N–H and O–H groups in total. The largest absolute Gasteiger partial charge is 0.460 e. The smallest absolute Gasteiger partial charge is 0.374 e. The first-order valence-electron chi connectivity index (χ1n) is 8.65. The van der Waals surface area contributed by atoms with Crippen LogP contribution in [0.1, 0.15) is 26.3 Å². The molecule has 1 aromatic heterocycles. The molecule has 0 aromatic carbocycles. The third-order valence-corrected chi connectivity index (χ3v) is 4.37. The number of pyridine rings is 1. The third kappa shape index (κ3) is 4.75. The van der Waals surface area contributed by atoms with Gasteiger partial charge in [0.05, 0.1) is 18.0 Å². The van der Waals surface area contributed by atoms with Crippen LogP contribution in [0.25, 0.3) is 0 Å². The van der Waals surface area contributed by atoms with Crippen LogP contribution in [0.3, 0.4) is 0 Å². The summed E-state index contributed by atoms with van der Waals surface area (Å²) in [5, 5.41) is 11.2. The molecule has 142 valence electrons. The molecule has 1 aliphatic rings. The van der Waals surface area contributed by atoms with Crippen LogP contribution in [0.4, 0.5) is 11.5 Å². The zero-order chi connectivity index (χ0) is 19.3. The number of hydrogen-bond donors (Lipinski definition) is 0. The van der Waals surface area contributed by atoms with Gasteiger partial charge in [-0.25, -0.2) is 9.78 Å². The summed E-state index contributed by atoms with van der Waals surface area (Å²) in [5.74, 6) is -1.21. The fourth-order valence-electron chi connectivity index (χ4n) is 2.88. The molecule has 0 aliphatic carbocycles. The van der Waals surface area contributed by atoms with E-state index in [1.807, 2.05) is 4.90 Å². The molecule has 0 atom stereocenters. The van der Waals surface area contributed by atoms with Crippen molar-refractivity contribution in [1.29, 1.82) is 0 Å². The number of nitrogens with zero attached hydrogens (tertiary/aromatic N) is 4. The molecule has 0 bridgehead atoms. The summed E-state index contributed by atoms with van der Waals surface area (Å²) in [5.41, 5.74) is -0.100. The van der Waals surface area contributed by atoms with Crippen molar-refractivity contribution in [2.45, 2.75) is 33.2 Å². The van der Waals surface area contributed by atoms with E-state index in [4.69, 9.17) is 0 Å². The second-order valence-electron chi connectivity index (χ2n) is 6.37. The monoisotopic (exact) mass is 364 g/mol. The number of carbonyl (C=O) groups excluding carboxylic acids is 2. The highest BCUT2D eigenvalue weighted by Gasteiger charge is 2.25. The van der Waals surface area contributed by atoms with E-state index in [2.05, 4.69) is 28.5 Å². The van der Waals surface area contributed by atoms with Crippen molar-refractivity contribution in [3.63, 3.8) is 0 Å². The molecule has 1 aliphatic heterocycles. The van der Waals surface area contributed by atoms with E-state index in [1.54, 1.807) is 6.92 Å². The van der Waals surface area contributed by atoms with Gasteiger partial charge in [-0.1, -0.05) is 0 Å². The summed E-state index contributed by atoms with van der Waals surface area (Å²) in [6, 6.07) is 1.99. The van der Waals surface area contributed by atoms with Gasteiger partial charge in [-0.2, -0.15) is 0 Å². The topological polar surface area (TPSA) is 106 Å². The van der Waals surface area contributed by atoms with Crippen LogP contribution in [0, 0.1) is 10.1 Å². The summed E-state index contributed by atoms with van der Waals surface area (Å²) >= 11 is 0. The Hall–Kier alpha value is -2.55. The molecule has 0 saturated carbocycles. The lowest BCUT2D eigenvalue weighted by Gasteiger charge is -2.37. The van der Waals surface area contributed by atoms with Crippen LogP contribution in [-0.4, -0.2) is 65.4 Å². The van der Waals surface area contributed by atoms with Gasteiger partial charge >= 0.3 is 5.97 Å². The number of nitro groups is 1. The summed E-state index contributed by atoms with van der Waals surface area (Å²) in [7, 11) is 0. The number of ether oxygens (including phenoxy) is 1. The van der Waals surface area contributed by atoms with Crippen molar-refractivity contribution in [3.05, 3.63) is 27.9 Å². The minimum absolute atomic E-state index is 0.0778. The van der Waals surface area contributed by atoms with Gasteiger partial charge < -0.3 is 9.64 Å². The van der Waals surface area contributed by atoms with Gasteiger partial charge in [-0.05, 0) is 26.8 Å². The van der Waals surface area contributed by atoms with Crippen molar-refractivity contribution in [1.82, 2.24) is 9.88 Å². The lowest BCUT2D eigenvalue weighted by Crippen LogP contribution is -2.49. The fraction of sp³-hybridized carbons (Fsp3) is 0.588. The molecule has 1 aromatic rings. The van der Waals surface area contributed by atoms with Crippen LogP contribution >= 0.6 is 0 Å². The minimum Gasteiger partial charge on any atom is -0.460 e. The Kier molecular flexibility index (Phi) is 6.62. The molecular formula is C17H24N4O5. The highest BCUT2D eigenvalue weighted by molar-refractivity contribution is 6.34. The van der Waals surface area contributed by atoms with Gasteiger partial charge in [0.25, 0.3) is 5.69 Å². The van der Waals surface area contributed by atoms with E-state index < -0.39 is 16.7 Å². The van der Waals surface area contributed by atoms with Crippen molar-refractivity contribution >= 4 is 23.3 Å². The predicted molar refractivity (Wildman–Crippen MR) is 95.2 cm³/mol. The van der Waals surface area contributed by atoms with Crippen molar-refractivity contribution in [2.75, 3.05) is 37.7 Å². The molecule has 9 nitrogen and oxygen atoms in total. The number of piperazine rings is 1. The summed E-state index contributed by atoms with van der Waals surface area (Å²) in [4.78, 5) is 42.7. The Morgan fingerprint density at radius 2 is 1.96 bits per heavy atom. The van der Waals surface area contributed by atoms with E-state index in [-0.39, 0.29) is 24.3 Å². The number of ketones is 1. The first-order chi connectivity index (χ1) is 12.3. The molecular weight excluding hydrogens is 340 g/mol. The van der Waals surface area contributed by atoms with E-state index in [1.165, 1.54) is 6.07 Å². The van der Waals surface area contributed by atoms with Crippen molar-refractivity contribution < 1.29 is 19.2 Å². The first-order valence-corrected chi connectivity index (χ1v) is 8.65. The van der Waals surface area contributed by atoms with Gasteiger partial charge in [0.2, 0.25) is 5.78 Å². The predicted octanol–water partition coefficient (Wildman–Crippen LogP) is 1.19. The number of Topliss-reactive ketones (excluding diaryl/α,β-unsaturated/α-hetero) is 1. The Morgan fingerprint density at radius 3 is 2.50 bits per heavy atom. The maximum Gasteiger partial charge on any atom is 0.374 e. The van der Waals surface area contributed by atoms with Gasteiger partial charge in [0, 0.05) is 37.8 Å². The number of hydrogen-bond acceptors (Lipinski definition) is 8. The number of rotatable bonds is 7. The molecule has 0 unspecified atom stereocenters. The normalized spacial score (nSPS) is 15.2. The summed E-state index contributed by atoms with van der Waals surface area (Å²) in [6.45, 7) is 9.17. The third-order valence-electron chi connectivity index (χ3n) is 4.37. The number of carbonyl (C=O) groups is 2. The Morgan fingerprint density at radius 1 is 1.31 bits per heavy atom. The molecule has 2 heterocycles. The Labute approximate surface area is 152 Å². The quantitative estimate of drug-likeness (QED) is 0.307. The van der Waals surface area contributed by atoms with Gasteiger partial charge in [0.1, 0.15) is 12.0 Å². The number of esters is 1. The van der Waals surface area contributed by atoms with E-state index in [0.29, 0.717) is 11.9 Å². The lowest BCUT2D eigenvalue weighted by molar-refractivity contribution is -0.385. The van der Waals surface area contributed by atoms with Gasteiger partial charge in [0.15, 0.2) is 0 Å². The van der Waals surface area contributed by atoms with Crippen LogP contribution in [-0.2, 0) is 20.7 Å². The molecule has 0 spiro atoms. The molecule has 2 rings (SSSR count). The zero-order valence-corrected chi connectivity index (χ0v) is 15.3. The van der Waals surface area contributed by atoms with Crippen LogP contribution in [0.15, 0.2) is 12.3 Å². The molecule has 9 heteroatoms. The molecule has 0 radical (unpaired) electrons. The second kappa shape index (κ2) is 8.70. The molecule has 1 saturated heterocycles. The van der Waals surface area contributed by atoms with E-state index in [0.717, 1.165) is 32.4 Å². The van der Waals surface area contributed by atoms with Crippen LogP contribution in [0.2, 0.25) is 0 Å². The fourth-order valence-corrected chi connectivity index (χ4v) is 2.88. The van der Waals surface area contributed by atoms with Crippen molar-refractivity contribution in [2.24, 2.45) is 0 Å². The average Bonchev–Trinajstić information content (AvgIpc) is 2.61. The lowest BCUT2D eigenvalue weighted by atomic mass is 10.1. The standard InChI is InChI=1S/C17H24N4O5/c1-4-26-17(23)15(22)9-13-10-16(18-11-14(13)21(24)25)20-7-5-19(6-8-20)12(2)3/h10-12H,4-9H2,1-3H3. The average molecular weight is 364 g/mol. The second-order valence-corrected chi connectivity index (χ2v) is 6.37.